The Kier molecular flexibility index (Phi) is 4.44. The van der Waals surface area contributed by atoms with Gasteiger partial charge in [0.25, 0.3) is 0 Å². The van der Waals surface area contributed by atoms with E-state index in [1.165, 1.54) is 38.5 Å². The quantitative estimate of drug-likeness (QED) is 0.409. The molecule has 0 aromatic carbocycles. The molecular weight excluding hydrogens is 408 g/mol. The Bertz CT molecular complexity index is 876. The fourth-order valence-electron chi connectivity index (χ4n) is 11.8. The van der Waals surface area contributed by atoms with Crippen LogP contribution in [0.15, 0.2) is 0 Å². The maximum Gasteiger partial charge on any atom is 0.312 e. The fourth-order valence-corrected chi connectivity index (χ4v) is 11.8. The lowest BCUT2D eigenvalue weighted by molar-refractivity contribution is -0.252. The first-order chi connectivity index (χ1) is 15.2. The second kappa shape index (κ2) is 6.40. The van der Waals surface area contributed by atoms with Gasteiger partial charge in [-0.15, -0.1) is 0 Å². The molecule has 5 aliphatic carbocycles. The standard InChI is InChI=1S/C30H48O3/c1-25(2)14-16-30-17-15-28(6)18(22(30)23(25)33-24(30)32)8-9-20-27(5)12-11-21(31)26(3,4)19(27)10-13-29(20,28)7/h18-23,31H,8-17H2,1-7H3/t18-,19+,20+,21+,22-,23+,27-,28+,29+,30+/m0/s1. The van der Waals surface area contributed by atoms with E-state index in [-0.39, 0.29) is 39.8 Å². The van der Waals surface area contributed by atoms with Gasteiger partial charge in [-0.2, -0.15) is 0 Å². The number of ether oxygens (including phenoxy) is 1. The summed E-state index contributed by atoms with van der Waals surface area (Å²) < 4.78 is 6.28. The molecule has 2 bridgehead atoms. The van der Waals surface area contributed by atoms with Gasteiger partial charge in [-0.05, 0) is 104 Å². The Morgan fingerprint density at radius 2 is 1.45 bits per heavy atom. The van der Waals surface area contributed by atoms with E-state index in [9.17, 15) is 9.90 Å². The molecular formula is C30H48O3. The Morgan fingerprint density at radius 1 is 0.758 bits per heavy atom. The van der Waals surface area contributed by atoms with Gasteiger partial charge in [0.05, 0.1) is 11.5 Å². The van der Waals surface area contributed by atoms with Crippen molar-refractivity contribution in [2.75, 3.05) is 0 Å². The highest BCUT2D eigenvalue weighted by Crippen LogP contribution is 2.78. The topological polar surface area (TPSA) is 46.5 Å². The number of esters is 1. The molecule has 3 nitrogen and oxygen atoms in total. The van der Waals surface area contributed by atoms with Crippen LogP contribution in [0.2, 0.25) is 0 Å². The van der Waals surface area contributed by atoms with Gasteiger partial charge < -0.3 is 9.84 Å². The number of carbonyl (C=O) groups is 1. The van der Waals surface area contributed by atoms with E-state index in [0.717, 1.165) is 31.6 Å². The van der Waals surface area contributed by atoms with Gasteiger partial charge in [-0.3, -0.25) is 4.79 Å². The third-order valence-corrected chi connectivity index (χ3v) is 14.0. The molecule has 0 amide bonds. The summed E-state index contributed by atoms with van der Waals surface area (Å²) in [5.41, 5.74) is 0.823. The first-order valence-corrected chi connectivity index (χ1v) is 14.1. The molecule has 5 saturated carbocycles. The number of hydrogen-bond acceptors (Lipinski definition) is 3. The third-order valence-electron chi connectivity index (χ3n) is 14.0. The van der Waals surface area contributed by atoms with Crippen LogP contribution in [0.1, 0.15) is 113 Å². The first kappa shape index (κ1) is 22.9. The Hall–Kier alpha value is -0.570. The largest absolute Gasteiger partial charge is 0.461 e. The summed E-state index contributed by atoms with van der Waals surface area (Å²) >= 11 is 0. The monoisotopic (exact) mass is 456 g/mol. The summed E-state index contributed by atoms with van der Waals surface area (Å²) in [6.07, 6.45) is 11.6. The highest BCUT2D eigenvalue weighted by atomic mass is 16.6. The predicted octanol–water partition coefficient (Wildman–Crippen LogP) is 6.76. The van der Waals surface area contributed by atoms with Crippen molar-refractivity contribution in [3.63, 3.8) is 0 Å². The van der Waals surface area contributed by atoms with Crippen LogP contribution in [0.5, 0.6) is 0 Å². The molecule has 0 aromatic rings. The molecule has 6 fully saturated rings. The van der Waals surface area contributed by atoms with Crippen LogP contribution in [-0.2, 0) is 9.53 Å². The second-order valence-corrected chi connectivity index (χ2v) is 15.5. The average molecular weight is 457 g/mol. The molecule has 10 atom stereocenters. The van der Waals surface area contributed by atoms with Crippen molar-refractivity contribution in [2.45, 2.75) is 125 Å². The van der Waals surface area contributed by atoms with Crippen molar-refractivity contribution in [2.24, 2.45) is 56.2 Å². The first-order valence-electron chi connectivity index (χ1n) is 14.1. The minimum absolute atomic E-state index is 0.00939. The highest BCUT2D eigenvalue weighted by Gasteiger charge is 2.75. The lowest BCUT2D eigenvalue weighted by Gasteiger charge is -2.73. The van der Waals surface area contributed by atoms with Crippen LogP contribution in [-0.4, -0.2) is 23.3 Å². The molecule has 0 aromatic heterocycles. The number of rotatable bonds is 0. The van der Waals surface area contributed by atoms with Gasteiger partial charge in [0.2, 0.25) is 0 Å². The molecule has 0 spiro atoms. The van der Waals surface area contributed by atoms with Gasteiger partial charge >= 0.3 is 5.97 Å². The van der Waals surface area contributed by atoms with Gasteiger partial charge in [0, 0.05) is 11.3 Å². The Balaban J connectivity index is 1.41. The van der Waals surface area contributed by atoms with Gasteiger partial charge in [0.15, 0.2) is 0 Å². The Labute approximate surface area is 201 Å². The van der Waals surface area contributed by atoms with Crippen molar-refractivity contribution < 1.29 is 14.6 Å². The van der Waals surface area contributed by atoms with Crippen LogP contribution < -0.4 is 0 Å². The zero-order valence-electron chi connectivity index (χ0n) is 22.3. The van der Waals surface area contributed by atoms with E-state index in [4.69, 9.17) is 4.74 Å². The van der Waals surface area contributed by atoms with Crippen LogP contribution in [0.25, 0.3) is 0 Å². The molecule has 0 unspecified atom stereocenters. The van der Waals surface area contributed by atoms with E-state index in [0.29, 0.717) is 28.6 Å². The fraction of sp³-hybridized carbons (Fsp3) is 0.967. The summed E-state index contributed by atoms with van der Waals surface area (Å²) in [5.74, 6) is 2.50. The second-order valence-electron chi connectivity index (χ2n) is 15.5. The normalized spacial score (nSPS) is 58.4. The third kappa shape index (κ3) is 2.45. The molecule has 1 heterocycles. The van der Waals surface area contributed by atoms with E-state index in [1.807, 2.05) is 0 Å². The van der Waals surface area contributed by atoms with Crippen LogP contribution >= 0.6 is 0 Å². The molecule has 1 N–H and O–H groups in total. The number of carbonyl (C=O) groups excluding carboxylic acids is 1. The molecule has 1 saturated heterocycles. The Morgan fingerprint density at radius 3 is 2.18 bits per heavy atom. The van der Waals surface area contributed by atoms with Crippen molar-refractivity contribution in [3.8, 4) is 0 Å². The van der Waals surface area contributed by atoms with Gasteiger partial charge in [-0.1, -0.05) is 48.5 Å². The van der Waals surface area contributed by atoms with Crippen molar-refractivity contribution in [3.05, 3.63) is 0 Å². The van der Waals surface area contributed by atoms with E-state index < -0.39 is 0 Å². The average Bonchev–Trinajstić information content (AvgIpc) is 2.99. The minimum atomic E-state index is -0.189. The minimum Gasteiger partial charge on any atom is -0.461 e. The van der Waals surface area contributed by atoms with Gasteiger partial charge in [0.1, 0.15) is 6.10 Å². The van der Waals surface area contributed by atoms with Crippen LogP contribution in [0, 0.1) is 56.2 Å². The SMILES string of the molecule is CC1(C)CC[C@@]23CC[C@]4(C)[C@@H](CC[C@@H]5[C@@]6(C)CC[C@@H](O)C(C)(C)[C@H]6CC[C@]54C)[C@H]2[C@H]1OC3=O. The summed E-state index contributed by atoms with van der Waals surface area (Å²) in [5, 5.41) is 10.9. The maximum absolute atomic E-state index is 13.3. The smallest absolute Gasteiger partial charge is 0.312 e. The molecule has 1 aliphatic heterocycles. The summed E-state index contributed by atoms with van der Waals surface area (Å²) in [4.78, 5) is 13.3. The lowest BCUT2D eigenvalue weighted by Crippen LogP contribution is -2.67. The van der Waals surface area contributed by atoms with Crippen LogP contribution in [0.3, 0.4) is 0 Å². The molecule has 0 radical (unpaired) electrons. The van der Waals surface area contributed by atoms with Crippen LogP contribution in [0.4, 0.5) is 0 Å². The van der Waals surface area contributed by atoms with Crippen molar-refractivity contribution in [1.82, 2.24) is 0 Å². The zero-order valence-corrected chi connectivity index (χ0v) is 22.3. The summed E-state index contributed by atoms with van der Waals surface area (Å²) in [7, 11) is 0. The number of aliphatic hydroxyl groups excluding tert-OH is 1. The summed E-state index contributed by atoms with van der Waals surface area (Å²) in [6.45, 7) is 17.3. The van der Waals surface area contributed by atoms with Crippen molar-refractivity contribution in [1.29, 1.82) is 0 Å². The number of hydrogen-bond donors (Lipinski definition) is 1. The molecule has 6 rings (SSSR count). The van der Waals surface area contributed by atoms with E-state index in [2.05, 4.69) is 48.5 Å². The molecule has 33 heavy (non-hydrogen) atoms. The van der Waals surface area contributed by atoms with E-state index in [1.54, 1.807) is 0 Å². The molecule has 186 valence electrons. The van der Waals surface area contributed by atoms with E-state index >= 15 is 0 Å². The lowest BCUT2D eigenvalue weighted by atomic mass is 9.31. The maximum atomic E-state index is 13.3. The molecule has 6 aliphatic rings. The zero-order chi connectivity index (χ0) is 23.8. The molecule has 3 heteroatoms. The van der Waals surface area contributed by atoms with Crippen molar-refractivity contribution >= 4 is 5.97 Å². The van der Waals surface area contributed by atoms with Gasteiger partial charge in [-0.25, -0.2) is 0 Å². The summed E-state index contributed by atoms with van der Waals surface area (Å²) in [6, 6.07) is 0. The highest BCUT2D eigenvalue weighted by molar-refractivity contribution is 5.81. The predicted molar refractivity (Wildman–Crippen MR) is 130 cm³/mol. The number of aliphatic hydroxyl groups is 1. The number of fused-ring (bicyclic) bond motifs is 5.